The lowest BCUT2D eigenvalue weighted by atomic mass is 9.63. The summed E-state index contributed by atoms with van der Waals surface area (Å²) in [6.45, 7) is 0.185. The molecule has 1 saturated heterocycles. The molecule has 7 heteroatoms. The highest BCUT2D eigenvalue weighted by atomic mass is 79.9. The zero-order chi connectivity index (χ0) is 17.1. The van der Waals surface area contributed by atoms with Gasteiger partial charge in [0.2, 0.25) is 6.79 Å². The van der Waals surface area contributed by atoms with Gasteiger partial charge in [0.25, 0.3) is 11.8 Å². The van der Waals surface area contributed by atoms with Crippen LogP contribution in [0.4, 0.5) is 0 Å². The normalized spacial score (nSPS) is 32.1. The largest absolute Gasteiger partial charge is 0.454 e. The molecule has 2 amide bonds. The van der Waals surface area contributed by atoms with Crippen LogP contribution in [0.2, 0.25) is 0 Å². The summed E-state index contributed by atoms with van der Waals surface area (Å²) in [6.07, 6.45) is 7.68. The molecule has 2 aliphatic heterocycles. The lowest BCUT2D eigenvalue weighted by Crippen LogP contribution is -2.38. The number of nitrogens with zero attached hydrogens (tertiary/aromatic N) is 2. The first-order chi connectivity index (χ1) is 12.1. The second kappa shape index (κ2) is 5.42. The Morgan fingerprint density at radius 2 is 1.64 bits per heavy atom. The number of amides is 2. The van der Waals surface area contributed by atoms with E-state index in [2.05, 4.69) is 33.2 Å². The van der Waals surface area contributed by atoms with Gasteiger partial charge in [-0.15, -0.1) is 0 Å². The monoisotopic (exact) mass is 402 g/mol. The van der Waals surface area contributed by atoms with Crippen molar-refractivity contribution in [3.63, 3.8) is 0 Å². The average molecular weight is 403 g/mol. The van der Waals surface area contributed by atoms with E-state index in [-0.39, 0.29) is 42.3 Å². The minimum Gasteiger partial charge on any atom is -0.454 e. The van der Waals surface area contributed by atoms with Crippen molar-refractivity contribution in [1.82, 2.24) is 5.01 Å². The molecule has 1 saturated carbocycles. The van der Waals surface area contributed by atoms with E-state index in [1.165, 1.54) is 6.21 Å². The van der Waals surface area contributed by atoms with Gasteiger partial charge in [0.15, 0.2) is 11.5 Å². The van der Waals surface area contributed by atoms with Gasteiger partial charge in [0.05, 0.1) is 18.1 Å². The maximum atomic E-state index is 12.7. The zero-order valence-corrected chi connectivity index (χ0v) is 14.8. The van der Waals surface area contributed by atoms with Gasteiger partial charge in [0, 0.05) is 10.0 Å². The molecule has 1 aromatic rings. The van der Waals surface area contributed by atoms with Crippen LogP contribution < -0.4 is 9.47 Å². The number of imide groups is 1. The summed E-state index contributed by atoms with van der Waals surface area (Å²) in [5.74, 6) is 0.782. The topological polar surface area (TPSA) is 68.2 Å². The van der Waals surface area contributed by atoms with Gasteiger partial charge >= 0.3 is 0 Å². The maximum absolute atomic E-state index is 12.7. The van der Waals surface area contributed by atoms with Crippen LogP contribution in [0, 0.1) is 23.7 Å². The summed E-state index contributed by atoms with van der Waals surface area (Å²) in [4.78, 5) is 25.5. The molecule has 25 heavy (non-hydrogen) atoms. The Hall–Kier alpha value is -2.15. The first-order valence-electron chi connectivity index (χ1n) is 8.33. The van der Waals surface area contributed by atoms with Crippen LogP contribution in [0.5, 0.6) is 11.5 Å². The SMILES string of the molecule is O=C1C2C3C=CC(CC3)C2C(=O)N1/N=C\c1cc2c(cc1Br)OCO2. The van der Waals surface area contributed by atoms with Crippen LogP contribution in [-0.2, 0) is 9.59 Å². The van der Waals surface area contributed by atoms with Crippen molar-refractivity contribution in [2.24, 2.45) is 28.8 Å². The predicted octanol–water partition coefficient (Wildman–Crippen LogP) is 2.71. The number of carbonyl (C=O) groups excluding carboxylic acids is 2. The summed E-state index contributed by atoms with van der Waals surface area (Å²) in [5.41, 5.74) is 0.723. The highest BCUT2D eigenvalue weighted by Gasteiger charge is 2.56. The predicted molar refractivity (Wildman–Crippen MR) is 92.0 cm³/mol. The minimum atomic E-state index is -0.242. The van der Waals surface area contributed by atoms with Gasteiger partial charge < -0.3 is 9.47 Å². The van der Waals surface area contributed by atoms with Crippen molar-refractivity contribution in [3.8, 4) is 11.5 Å². The average Bonchev–Trinajstić information content (AvgIpc) is 3.18. The number of ether oxygens (including phenoxy) is 2. The van der Waals surface area contributed by atoms with E-state index in [1.54, 1.807) is 12.1 Å². The van der Waals surface area contributed by atoms with Crippen molar-refractivity contribution in [2.75, 3.05) is 6.79 Å². The van der Waals surface area contributed by atoms with Crippen molar-refractivity contribution in [1.29, 1.82) is 0 Å². The first-order valence-corrected chi connectivity index (χ1v) is 9.12. The Labute approximate surface area is 152 Å². The van der Waals surface area contributed by atoms with Gasteiger partial charge in [-0.25, -0.2) is 0 Å². The van der Waals surface area contributed by atoms with Crippen LogP contribution in [0.25, 0.3) is 0 Å². The van der Waals surface area contributed by atoms with Crippen LogP contribution in [0.3, 0.4) is 0 Å². The standard InChI is InChI=1S/C18H15BrN2O4/c19-12-6-14-13(24-8-25-14)5-11(12)7-20-21-17(22)15-9-1-2-10(4-3-9)16(15)18(21)23/h1-2,5-7,9-10,15-16H,3-4,8H2/b20-7-. The molecule has 3 aliphatic carbocycles. The second-order valence-electron chi connectivity index (χ2n) is 6.80. The number of hydrogen-bond acceptors (Lipinski definition) is 5. The van der Waals surface area contributed by atoms with Crippen molar-refractivity contribution in [3.05, 3.63) is 34.3 Å². The van der Waals surface area contributed by atoms with Crippen LogP contribution >= 0.6 is 15.9 Å². The lowest BCUT2D eigenvalue weighted by molar-refractivity contribution is -0.140. The van der Waals surface area contributed by atoms with Crippen LogP contribution in [-0.4, -0.2) is 29.8 Å². The molecule has 128 valence electrons. The minimum absolute atomic E-state index is 0.170. The van der Waals surface area contributed by atoms with Gasteiger partial charge in [0.1, 0.15) is 0 Å². The molecule has 0 radical (unpaired) electrons. The van der Waals surface area contributed by atoms with E-state index in [0.717, 1.165) is 27.9 Å². The molecule has 2 fully saturated rings. The van der Waals surface area contributed by atoms with E-state index < -0.39 is 0 Å². The highest BCUT2D eigenvalue weighted by molar-refractivity contribution is 9.10. The Morgan fingerprint density at radius 1 is 1.04 bits per heavy atom. The number of rotatable bonds is 2. The summed E-state index contributed by atoms with van der Waals surface area (Å²) in [5, 5.41) is 5.28. The van der Waals surface area contributed by atoms with Crippen LogP contribution in [0.1, 0.15) is 18.4 Å². The fourth-order valence-corrected chi connectivity index (χ4v) is 4.75. The molecule has 5 aliphatic rings. The van der Waals surface area contributed by atoms with E-state index in [9.17, 15) is 9.59 Å². The third-order valence-corrected chi connectivity index (χ3v) is 6.23. The molecule has 1 aromatic carbocycles. The van der Waals surface area contributed by atoms with E-state index in [0.29, 0.717) is 11.5 Å². The number of benzene rings is 1. The zero-order valence-electron chi connectivity index (χ0n) is 13.2. The number of carbonyl (C=O) groups is 2. The van der Waals surface area contributed by atoms with Gasteiger partial charge in [-0.2, -0.15) is 10.1 Å². The number of allylic oxidation sites excluding steroid dienone is 2. The second-order valence-corrected chi connectivity index (χ2v) is 7.66. The summed E-state index contributed by atoms with van der Waals surface area (Å²) < 4.78 is 11.4. The Morgan fingerprint density at radius 3 is 2.24 bits per heavy atom. The fourth-order valence-electron chi connectivity index (χ4n) is 4.32. The molecule has 2 bridgehead atoms. The Bertz CT molecular complexity index is 818. The van der Waals surface area contributed by atoms with Crippen molar-refractivity contribution >= 4 is 34.0 Å². The third-order valence-electron chi connectivity index (χ3n) is 5.54. The van der Waals surface area contributed by atoms with E-state index in [1.807, 2.05) is 0 Å². The molecule has 0 aromatic heterocycles. The molecule has 0 N–H and O–H groups in total. The quantitative estimate of drug-likeness (QED) is 0.433. The van der Waals surface area contributed by atoms with E-state index >= 15 is 0 Å². The van der Waals surface area contributed by atoms with Gasteiger partial charge in [-0.05, 0) is 52.7 Å². The Kier molecular flexibility index (Phi) is 3.28. The molecule has 4 atom stereocenters. The molecular weight excluding hydrogens is 388 g/mol. The summed E-state index contributed by atoms with van der Waals surface area (Å²) in [6, 6.07) is 3.57. The molecular formula is C18H15BrN2O4. The smallest absolute Gasteiger partial charge is 0.254 e. The molecule has 2 heterocycles. The number of hydrazone groups is 1. The number of fused-ring (bicyclic) bond motifs is 2. The van der Waals surface area contributed by atoms with Gasteiger partial charge in [-0.1, -0.05) is 12.2 Å². The lowest BCUT2D eigenvalue weighted by Gasteiger charge is -2.37. The number of halogens is 1. The highest BCUT2D eigenvalue weighted by Crippen LogP contribution is 2.49. The molecule has 6 rings (SSSR count). The van der Waals surface area contributed by atoms with E-state index in [4.69, 9.17) is 9.47 Å². The maximum Gasteiger partial charge on any atom is 0.254 e. The fraction of sp³-hybridized carbons (Fsp3) is 0.389. The van der Waals surface area contributed by atoms with Crippen LogP contribution in [0.15, 0.2) is 33.9 Å². The molecule has 0 spiro atoms. The summed E-state index contributed by atoms with van der Waals surface area (Å²) in [7, 11) is 0. The van der Waals surface area contributed by atoms with Gasteiger partial charge in [-0.3, -0.25) is 9.59 Å². The molecule has 4 unspecified atom stereocenters. The first kappa shape index (κ1) is 15.1. The Balaban J connectivity index is 1.44. The summed E-state index contributed by atoms with van der Waals surface area (Å²) >= 11 is 3.45. The number of hydrogen-bond donors (Lipinski definition) is 0. The van der Waals surface area contributed by atoms with Crippen molar-refractivity contribution < 1.29 is 19.1 Å². The van der Waals surface area contributed by atoms with Crippen molar-refractivity contribution in [2.45, 2.75) is 12.8 Å². The molecule has 6 nitrogen and oxygen atoms in total. The third kappa shape index (κ3) is 2.18.